The molecule has 4 heteroatoms. The Morgan fingerprint density at radius 3 is 2.57 bits per heavy atom. The molecule has 0 bridgehead atoms. The monoisotopic (exact) mass is 316 g/mol. The van der Waals surface area contributed by atoms with Crippen LogP contribution >= 0.6 is 0 Å². The predicted octanol–water partition coefficient (Wildman–Crippen LogP) is 3.08. The first-order valence-corrected chi connectivity index (χ1v) is 8.93. The van der Waals surface area contributed by atoms with E-state index >= 15 is 0 Å². The molecule has 126 valence electrons. The topological polar surface area (TPSA) is 41.6 Å². The van der Waals surface area contributed by atoms with Gasteiger partial charge in [0.15, 0.2) is 0 Å². The lowest BCUT2D eigenvalue weighted by Gasteiger charge is -2.36. The van der Waals surface area contributed by atoms with Crippen molar-refractivity contribution in [3.8, 4) is 5.75 Å². The fraction of sp³-hybridized carbons (Fsp3) is 0.632. The Kier molecular flexibility index (Phi) is 5.55. The summed E-state index contributed by atoms with van der Waals surface area (Å²) in [6.45, 7) is 3.16. The number of piperidine rings is 1. The summed E-state index contributed by atoms with van der Waals surface area (Å²) in [6, 6.07) is 8.23. The maximum Gasteiger partial charge on any atom is 0.255 e. The highest BCUT2D eigenvalue weighted by molar-refractivity contribution is 5.96. The lowest BCUT2D eigenvalue weighted by molar-refractivity contribution is 0.0922. The molecule has 1 heterocycles. The van der Waals surface area contributed by atoms with Crippen LogP contribution in [0.3, 0.4) is 0 Å². The summed E-state index contributed by atoms with van der Waals surface area (Å²) < 4.78 is 5.26. The zero-order valence-corrected chi connectivity index (χ0v) is 14.1. The van der Waals surface area contributed by atoms with Crippen molar-refractivity contribution in [1.82, 2.24) is 10.2 Å². The van der Waals surface area contributed by atoms with Crippen LogP contribution in [0.25, 0.3) is 0 Å². The molecule has 1 aliphatic heterocycles. The average Bonchev–Trinajstić information content (AvgIpc) is 3.14. The molecular formula is C19H28N2O2. The van der Waals surface area contributed by atoms with Crippen LogP contribution in [0.2, 0.25) is 0 Å². The van der Waals surface area contributed by atoms with Gasteiger partial charge in [-0.15, -0.1) is 0 Å². The number of hydrogen-bond acceptors (Lipinski definition) is 3. The van der Waals surface area contributed by atoms with Crippen LogP contribution in [0.1, 0.15) is 48.9 Å². The maximum absolute atomic E-state index is 12.3. The number of para-hydroxylation sites is 1. The van der Waals surface area contributed by atoms with Gasteiger partial charge in [0, 0.05) is 12.6 Å². The van der Waals surface area contributed by atoms with Crippen molar-refractivity contribution >= 4 is 5.91 Å². The zero-order valence-electron chi connectivity index (χ0n) is 14.1. The summed E-state index contributed by atoms with van der Waals surface area (Å²) in [7, 11) is 1.60. The minimum absolute atomic E-state index is 0.0272. The Hall–Kier alpha value is -1.55. The molecule has 2 aliphatic rings. The smallest absolute Gasteiger partial charge is 0.255 e. The number of amides is 1. The summed E-state index contributed by atoms with van der Waals surface area (Å²) in [6.07, 6.45) is 7.97. The highest BCUT2D eigenvalue weighted by Gasteiger charge is 2.27. The standard InChI is InChI=1S/C19H28N2O2/c1-23-18-9-5-4-8-17(18)19(22)20-14-15-10-12-21(13-11-15)16-6-2-3-7-16/h4-5,8-9,15-16H,2-3,6-7,10-14H2,1H3,(H,20,22). The van der Waals surface area contributed by atoms with E-state index in [1.54, 1.807) is 7.11 Å². The van der Waals surface area contributed by atoms with Crippen LogP contribution in [0.4, 0.5) is 0 Å². The second-order valence-electron chi connectivity index (χ2n) is 6.83. The van der Waals surface area contributed by atoms with Gasteiger partial charge in [-0.25, -0.2) is 0 Å². The molecule has 1 saturated heterocycles. The van der Waals surface area contributed by atoms with E-state index in [9.17, 15) is 4.79 Å². The van der Waals surface area contributed by atoms with Gasteiger partial charge in [0.05, 0.1) is 12.7 Å². The Bertz CT molecular complexity index is 518. The van der Waals surface area contributed by atoms with Gasteiger partial charge in [0.2, 0.25) is 0 Å². The molecule has 0 unspecified atom stereocenters. The third-order valence-electron chi connectivity index (χ3n) is 5.39. The van der Waals surface area contributed by atoms with Gasteiger partial charge in [-0.1, -0.05) is 25.0 Å². The van der Waals surface area contributed by atoms with Crippen LogP contribution in [0, 0.1) is 5.92 Å². The quantitative estimate of drug-likeness (QED) is 0.907. The average molecular weight is 316 g/mol. The first-order valence-electron chi connectivity index (χ1n) is 8.93. The highest BCUT2D eigenvalue weighted by atomic mass is 16.5. The molecular weight excluding hydrogens is 288 g/mol. The fourth-order valence-electron chi connectivity index (χ4n) is 3.96. The van der Waals surface area contributed by atoms with Gasteiger partial charge in [0.25, 0.3) is 5.91 Å². The second-order valence-corrected chi connectivity index (χ2v) is 6.83. The van der Waals surface area contributed by atoms with Crippen LogP contribution in [-0.2, 0) is 0 Å². The molecule has 0 aromatic heterocycles. The van der Waals surface area contributed by atoms with Crippen LogP contribution in [0.15, 0.2) is 24.3 Å². The molecule has 1 amide bonds. The van der Waals surface area contributed by atoms with E-state index in [1.807, 2.05) is 24.3 Å². The van der Waals surface area contributed by atoms with E-state index in [4.69, 9.17) is 4.74 Å². The first-order chi connectivity index (χ1) is 11.3. The maximum atomic E-state index is 12.3. The number of methoxy groups -OCH3 is 1. The lowest BCUT2D eigenvalue weighted by Crippen LogP contribution is -2.42. The molecule has 1 aliphatic carbocycles. The molecule has 0 radical (unpaired) electrons. The van der Waals surface area contributed by atoms with Crippen molar-refractivity contribution in [3.05, 3.63) is 29.8 Å². The van der Waals surface area contributed by atoms with Crippen LogP contribution in [0.5, 0.6) is 5.75 Å². The minimum atomic E-state index is -0.0272. The fourth-order valence-corrected chi connectivity index (χ4v) is 3.96. The van der Waals surface area contributed by atoms with Crippen molar-refractivity contribution in [2.75, 3.05) is 26.7 Å². The Labute approximate surface area is 139 Å². The van der Waals surface area contributed by atoms with E-state index in [-0.39, 0.29) is 5.91 Å². The van der Waals surface area contributed by atoms with Gasteiger partial charge in [-0.2, -0.15) is 0 Å². The van der Waals surface area contributed by atoms with Crippen LogP contribution in [-0.4, -0.2) is 43.6 Å². The number of rotatable bonds is 5. The van der Waals surface area contributed by atoms with Crippen molar-refractivity contribution < 1.29 is 9.53 Å². The van der Waals surface area contributed by atoms with E-state index < -0.39 is 0 Å². The zero-order chi connectivity index (χ0) is 16.1. The normalized spacial score (nSPS) is 20.6. The number of benzene rings is 1. The molecule has 2 fully saturated rings. The summed E-state index contributed by atoms with van der Waals surface area (Å²) >= 11 is 0. The number of carbonyl (C=O) groups is 1. The molecule has 1 aromatic rings. The van der Waals surface area contributed by atoms with E-state index in [0.29, 0.717) is 17.2 Å². The van der Waals surface area contributed by atoms with Crippen molar-refractivity contribution in [2.45, 2.75) is 44.6 Å². The lowest BCUT2D eigenvalue weighted by atomic mass is 9.95. The van der Waals surface area contributed by atoms with Crippen LogP contribution < -0.4 is 10.1 Å². The molecule has 0 spiro atoms. The number of ether oxygens (including phenoxy) is 1. The predicted molar refractivity (Wildman–Crippen MR) is 91.9 cm³/mol. The molecule has 1 saturated carbocycles. The molecule has 0 atom stereocenters. The number of nitrogens with one attached hydrogen (secondary N) is 1. The Balaban J connectivity index is 1.45. The summed E-state index contributed by atoms with van der Waals surface area (Å²) in [5, 5.41) is 3.09. The molecule has 1 aromatic carbocycles. The minimum Gasteiger partial charge on any atom is -0.496 e. The van der Waals surface area contributed by atoms with E-state index in [0.717, 1.165) is 12.6 Å². The Morgan fingerprint density at radius 2 is 1.87 bits per heavy atom. The first kappa shape index (κ1) is 16.3. The van der Waals surface area contributed by atoms with E-state index in [1.165, 1.54) is 51.6 Å². The molecule has 1 N–H and O–H groups in total. The number of hydrogen-bond donors (Lipinski definition) is 1. The number of carbonyl (C=O) groups excluding carboxylic acids is 1. The SMILES string of the molecule is COc1ccccc1C(=O)NCC1CCN(C2CCCC2)CC1. The summed E-state index contributed by atoms with van der Waals surface area (Å²) in [5.41, 5.74) is 0.624. The van der Waals surface area contributed by atoms with E-state index in [2.05, 4.69) is 10.2 Å². The van der Waals surface area contributed by atoms with Gasteiger partial charge >= 0.3 is 0 Å². The van der Waals surface area contributed by atoms with Gasteiger partial charge in [-0.05, 0) is 56.8 Å². The van der Waals surface area contributed by atoms with Gasteiger partial charge in [-0.3, -0.25) is 4.79 Å². The van der Waals surface area contributed by atoms with Crippen molar-refractivity contribution in [2.24, 2.45) is 5.92 Å². The molecule has 23 heavy (non-hydrogen) atoms. The third-order valence-corrected chi connectivity index (χ3v) is 5.39. The molecule has 4 nitrogen and oxygen atoms in total. The second kappa shape index (κ2) is 7.82. The van der Waals surface area contributed by atoms with Crippen molar-refractivity contribution in [3.63, 3.8) is 0 Å². The number of likely N-dealkylation sites (tertiary alicyclic amines) is 1. The largest absolute Gasteiger partial charge is 0.496 e. The molecule has 3 rings (SSSR count). The summed E-state index contributed by atoms with van der Waals surface area (Å²) in [4.78, 5) is 15.0. The summed E-state index contributed by atoms with van der Waals surface area (Å²) in [5.74, 6) is 1.22. The number of nitrogens with zero attached hydrogens (tertiary/aromatic N) is 1. The third kappa shape index (κ3) is 4.05. The van der Waals surface area contributed by atoms with Crippen molar-refractivity contribution in [1.29, 1.82) is 0 Å². The van der Waals surface area contributed by atoms with Gasteiger partial charge < -0.3 is 15.0 Å². The Morgan fingerprint density at radius 1 is 1.17 bits per heavy atom. The highest BCUT2D eigenvalue weighted by Crippen LogP contribution is 2.27. The van der Waals surface area contributed by atoms with Gasteiger partial charge in [0.1, 0.15) is 5.75 Å².